The summed E-state index contributed by atoms with van der Waals surface area (Å²) in [6.07, 6.45) is 2.36. The first kappa shape index (κ1) is 12.7. The highest BCUT2D eigenvalue weighted by Crippen LogP contribution is 2.35. The minimum absolute atomic E-state index is 0.0548. The molecule has 1 unspecified atom stereocenters. The lowest BCUT2D eigenvalue weighted by Gasteiger charge is -2.10. The van der Waals surface area contributed by atoms with Crippen molar-refractivity contribution in [1.82, 2.24) is 5.32 Å². The number of hydrogen-bond donors (Lipinski definition) is 1. The van der Waals surface area contributed by atoms with Crippen molar-refractivity contribution in [1.29, 1.82) is 0 Å². The highest BCUT2D eigenvalue weighted by Gasteiger charge is 2.29. The Labute approximate surface area is 111 Å². The number of rotatable bonds is 4. The van der Waals surface area contributed by atoms with E-state index in [2.05, 4.69) is 5.32 Å². The van der Waals surface area contributed by atoms with Gasteiger partial charge in [-0.2, -0.15) is 0 Å². The first-order valence-corrected chi connectivity index (χ1v) is 6.57. The number of hydrogen-bond acceptors (Lipinski definition) is 1. The molecule has 1 saturated carbocycles. The van der Waals surface area contributed by atoms with Crippen molar-refractivity contribution >= 4 is 29.1 Å². The molecule has 1 aromatic carbocycles. The molecule has 0 radical (unpaired) electrons. The Morgan fingerprint density at radius 3 is 2.76 bits per heavy atom. The van der Waals surface area contributed by atoms with Gasteiger partial charge in [0.25, 0.3) is 5.91 Å². The van der Waals surface area contributed by atoms with Crippen molar-refractivity contribution in [3.63, 3.8) is 0 Å². The van der Waals surface area contributed by atoms with E-state index in [-0.39, 0.29) is 11.3 Å². The highest BCUT2D eigenvalue weighted by molar-refractivity contribution is 6.31. The maximum atomic E-state index is 11.9. The van der Waals surface area contributed by atoms with Crippen molar-refractivity contribution in [2.75, 3.05) is 6.54 Å². The van der Waals surface area contributed by atoms with Gasteiger partial charge in [-0.15, -0.1) is 11.6 Å². The summed E-state index contributed by atoms with van der Waals surface area (Å²) in [7, 11) is 0. The Morgan fingerprint density at radius 2 is 2.18 bits per heavy atom. The van der Waals surface area contributed by atoms with Crippen molar-refractivity contribution in [2.24, 2.45) is 5.92 Å². The zero-order chi connectivity index (χ0) is 12.4. The third-order valence-corrected chi connectivity index (χ3v) is 3.62. The molecule has 0 bridgehead atoms. The number of amides is 1. The number of carbonyl (C=O) groups is 1. The maximum Gasteiger partial charge on any atom is 0.251 e. The molecule has 0 heterocycles. The summed E-state index contributed by atoms with van der Waals surface area (Å²) in [5, 5.41) is 3.48. The van der Waals surface area contributed by atoms with E-state index in [1.807, 2.05) is 19.1 Å². The van der Waals surface area contributed by atoms with Crippen molar-refractivity contribution in [2.45, 2.75) is 25.1 Å². The molecule has 0 saturated heterocycles. The van der Waals surface area contributed by atoms with E-state index in [1.54, 1.807) is 6.07 Å². The molecule has 1 N–H and O–H groups in total. The average Bonchev–Trinajstić information content (AvgIpc) is 3.07. The molecule has 92 valence electrons. The molecule has 1 aromatic rings. The summed E-state index contributed by atoms with van der Waals surface area (Å²) >= 11 is 12.0. The van der Waals surface area contributed by atoms with Gasteiger partial charge in [0, 0.05) is 17.1 Å². The Bertz CT molecular complexity index is 409. The second-order valence-electron chi connectivity index (χ2n) is 4.58. The molecule has 1 fully saturated rings. The van der Waals surface area contributed by atoms with Crippen LogP contribution in [0, 0.1) is 12.8 Å². The van der Waals surface area contributed by atoms with Crippen LogP contribution in [-0.2, 0) is 0 Å². The van der Waals surface area contributed by atoms with E-state index in [0.29, 0.717) is 23.0 Å². The van der Waals surface area contributed by atoms with Crippen LogP contribution in [0.4, 0.5) is 0 Å². The van der Waals surface area contributed by atoms with Gasteiger partial charge >= 0.3 is 0 Å². The summed E-state index contributed by atoms with van der Waals surface area (Å²) in [6, 6.07) is 5.32. The molecular weight excluding hydrogens is 257 g/mol. The lowest BCUT2D eigenvalue weighted by molar-refractivity contribution is 0.0953. The first-order chi connectivity index (χ1) is 8.06. The fourth-order valence-corrected chi connectivity index (χ4v) is 2.40. The fourth-order valence-electron chi connectivity index (χ4n) is 1.78. The van der Waals surface area contributed by atoms with Crippen molar-refractivity contribution in [3.8, 4) is 0 Å². The number of carbonyl (C=O) groups excluding carboxylic acids is 1. The molecule has 2 rings (SSSR count). The molecule has 1 amide bonds. The number of alkyl halides is 1. The molecule has 0 aliphatic heterocycles. The van der Waals surface area contributed by atoms with Crippen LogP contribution in [0.1, 0.15) is 28.8 Å². The summed E-state index contributed by atoms with van der Waals surface area (Å²) in [5.74, 6) is 0.472. The first-order valence-electron chi connectivity index (χ1n) is 5.76. The molecule has 17 heavy (non-hydrogen) atoms. The Kier molecular flexibility index (Phi) is 3.95. The van der Waals surface area contributed by atoms with E-state index >= 15 is 0 Å². The van der Waals surface area contributed by atoms with Crippen LogP contribution in [0.5, 0.6) is 0 Å². The smallest absolute Gasteiger partial charge is 0.251 e. The van der Waals surface area contributed by atoms with E-state index in [9.17, 15) is 4.79 Å². The van der Waals surface area contributed by atoms with Crippen molar-refractivity contribution < 1.29 is 4.79 Å². The predicted molar refractivity (Wildman–Crippen MR) is 70.9 cm³/mol. The Balaban J connectivity index is 1.94. The lowest BCUT2D eigenvalue weighted by Crippen LogP contribution is -2.30. The SMILES string of the molecule is Cc1cc(Cl)cc(C(=O)NCC(Cl)C2CC2)c1. The quantitative estimate of drug-likeness (QED) is 0.836. The monoisotopic (exact) mass is 271 g/mol. The van der Waals surface area contributed by atoms with Gasteiger partial charge < -0.3 is 5.32 Å². The normalized spacial score (nSPS) is 16.6. The second kappa shape index (κ2) is 5.28. The lowest BCUT2D eigenvalue weighted by atomic mass is 10.1. The molecule has 1 atom stereocenters. The number of aryl methyl sites for hydroxylation is 1. The fraction of sp³-hybridized carbons (Fsp3) is 0.462. The van der Waals surface area contributed by atoms with E-state index < -0.39 is 0 Å². The Morgan fingerprint density at radius 1 is 1.47 bits per heavy atom. The van der Waals surface area contributed by atoms with Crippen LogP contribution in [0.25, 0.3) is 0 Å². The molecule has 1 aliphatic carbocycles. The zero-order valence-electron chi connectivity index (χ0n) is 9.67. The molecule has 0 aromatic heterocycles. The molecule has 0 spiro atoms. The van der Waals surface area contributed by atoms with Gasteiger partial charge in [-0.05, 0) is 49.4 Å². The predicted octanol–water partition coefficient (Wildman–Crippen LogP) is 3.40. The highest BCUT2D eigenvalue weighted by atomic mass is 35.5. The largest absolute Gasteiger partial charge is 0.351 e. The zero-order valence-corrected chi connectivity index (χ0v) is 11.2. The van der Waals surface area contributed by atoms with E-state index in [4.69, 9.17) is 23.2 Å². The minimum Gasteiger partial charge on any atom is -0.351 e. The minimum atomic E-state index is -0.109. The molecule has 1 aliphatic rings. The van der Waals surface area contributed by atoms with Gasteiger partial charge in [0.2, 0.25) is 0 Å². The molecular formula is C13H15Cl2NO. The van der Waals surface area contributed by atoms with E-state index in [1.165, 1.54) is 12.8 Å². The molecule has 4 heteroatoms. The summed E-state index contributed by atoms with van der Waals surface area (Å²) < 4.78 is 0. The van der Waals surface area contributed by atoms with Crippen molar-refractivity contribution in [3.05, 3.63) is 34.3 Å². The summed E-state index contributed by atoms with van der Waals surface area (Å²) in [5.41, 5.74) is 1.57. The van der Waals surface area contributed by atoms with Crippen LogP contribution in [0.3, 0.4) is 0 Å². The van der Waals surface area contributed by atoms with Crippen LogP contribution in [0.2, 0.25) is 5.02 Å². The summed E-state index contributed by atoms with van der Waals surface area (Å²) in [6.45, 7) is 2.44. The van der Waals surface area contributed by atoms with Crippen LogP contribution in [-0.4, -0.2) is 17.8 Å². The van der Waals surface area contributed by atoms with Gasteiger partial charge in [-0.1, -0.05) is 11.6 Å². The number of halogens is 2. The van der Waals surface area contributed by atoms with Gasteiger partial charge in [0.1, 0.15) is 0 Å². The average molecular weight is 272 g/mol. The number of nitrogens with one attached hydrogen (secondary N) is 1. The van der Waals surface area contributed by atoms with Crippen LogP contribution in [0.15, 0.2) is 18.2 Å². The third kappa shape index (κ3) is 3.62. The van der Waals surface area contributed by atoms with Gasteiger partial charge in [-0.3, -0.25) is 4.79 Å². The van der Waals surface area contributed by atoms with Gasteiger partial charge in [0.05, 0.1) is 5.38 Å². The maximum absolute atomic E-state index is 11.9. The third-order valence-electron chi connectivity index (χ3n) is 2.90. The Hall–Kier alpha value is -0.730. The van der Waals surface area contributed by atoms with Gasteiger partial charge in [-0.25, -0.2) is 0 Å². The summed E-state index contributed by atoms with van der Waals surface area (Å²) in [4.78, 5) is 11.9. The topological polar surface area (TPSA) is 29.1 Å². The second-order valence-corrected chi connectivity index (χ2v) is 5.58. The standard InChI is InChI=1S/C13H15Cl2NO/c1-8-4-10(6-11(14)5-8)13(17)16-7-12(15)9-2-3-9/h4-6,9,12H,2-3,7H2,1H3,(H,16,17). The van der Waals surface area contributed by atoms with Crippen LogP contribution >= 0.6 is 23.2 Å². The number of benzene rings is 1. The molecule has 2 nitrogen and oxygen atoms in total. The van der Waals surface area contributed by atoms with E-state index in [0.717, 1.165) is 5.56 Å². The van der Waals surface area contributed by atoms with Crippen LogP contribution < -0.4 is 5.32 Å². The van der Waals surface area contributed by atoms with Gasteiger partial charge in [0.15, 0.2) is 0 Å².